The lowest BCUT2D eigenvalue weighted by Crippen LogP contribution is -2.17. The van der Waals surface area contributed by atoms with E-state index in [1.165, 1.54) is 31.5 Å². The standard InChI is InChI=1S/C23H18Cl2N4O8/c1-3-36-20-6-4-14(10-21(20)35-2)23(30)27-26-12-13-8-16(24)22(17(25)9-13)37-19-7-5-15(28(31)32)11-18(19)29(33)34/h4-12H,3H2,1-2H3,(H,27,30)/b26-12+. The molecule has 0 bridgehead atoms. The first-order valence-electron chi connectivity index (χ1n) is 10.4. The number of halogens is 2. The Morgan fingerprint density at radius 2 is 1.68 bits per heavy atom. The first kappa shape index (κ1) is 27.2. The van der Waals surface area contributed by atoms with E-state index in [2.05, 4.69) is 10.5 Å². The second-order valence-corrected chi connectivity index (χ2v) is 7.89. The van der Waals surface area contributed by atoms with Gasteiger partial charge in [0.05, 0.1) is 45.9 Å². The lowest BCUT2D eigenvalue weighted by Gasteiger charge is -2.11. The summed E-state index contributed by atoms with van der Waals surface area (Å²) in [7, 11) is 1.46. The van der Waals surface area contributed by atoms with Crippen LogP contribution in [-0.2, 0) is 0 Å². The lowest BCUT2D eigenvalue weighted by molar-refractivity contribution is -0.394. The van der Waals surface area contributed by atoms with Gasteiger partial charge in [0.2, 0.25) is 5.75 Å². The van der Waals surface area contributed by atoms with Gasteiger partial charge in [0, 0.05) is 11.6 Å². The molecule has 0 heterocycles. The molecule has 0 atom stereocenters. The van der Waals surface area contributed by atoms with Crippen molar-refractivity contribution in [2.75, 3.05) is 13.7 Å². The van der Waals surface area contributed by atoms with Gasteiger partial charge in [0.1, 0.15) is 0 Å². The Labute approximate surface area is 219 Å². The normalized spacial score (nSPS) is 10.7. The molecule has 1 amide bonds. The van der Waals surface area contributed by atoms with Gasteiger partial charge in [-0.05, 0) is 48.9 Å². The average Bonchev–Trinajstić information content (AvgIpc) is 2.86. The zero-order chi connectivity index (χ0) is 27.1. The fraction of sp³-hybridized carbons (Fsp3) is 0.130. The SMILES string of the molecule is CCOc1ccc(C(=O)N/N=C/c2cc(Cl)c(Oc3ccc([N+](=O)[O-])cc3[N+](=O)[O-])c(Cl)c2)cc1OC. The van der Waals surface area contributed by atoms with E-state index in [4.69, 9.17) is 37.4 Å². The largest absolute Gasteiger partial charge is 0.493 e. The smallest absolute Gasteiger partial charge is 0.318 e. The van der Waals surface area contributed by atoms with Crippen LogP contribution < -0.4 is 19.6 Å². The van der Waals surface area contributed by atoms with Gasteiger partial charge in [0.25, 0.3) is 11.6 Å². The summed E-state index contributed by atoms with van der Waals surface area (Å²) in [5, 5.41) is 26.1. The third-order valence-corrected chi connectivity index (χ3v) is 5.25. The minimum absolute atomic E-state index is 0.0239. The van der Waals surface area contributed by atoms with Crippen LogP contribution in [0, 0.1) is 20.2 Å². The molecule has 3 aromatic rings. The maximum absolute atomic E-state index is 12.4. The number of ether oxygens (including phenoxy) is 3. The summed E-state index contributed by atoms with van der Waals surface area (Å²) in [6.07, 6.45) is 1.28. The van der Waals surface area contributed by atoms with Gasteiger partial charge < -0.3 is 14.2 Å². The molecule has 14 heteroatoms. The summed E-state index contributed by atoms with van der Waals surface area (Å²) >= 11 is 12.5. The van der Waals surface area contributed by atoms with Crippen molar-refractivity contribution in [1.82, 2.24) is 5.43 Å². The molecule has 1 N–H and O–H groups in total. The van der Waals surface area contributed by atoms with E-state index in [0.717, 1.165) is 18.2 Å². The molecular weight excluding hydrogens is 531 g/mol. The van der Waals surface area contributed by atoms with Gasteiger partial charge in [-0.15, -0.1) is 0 Å². The number of nitro benzene ring substituents is 2. The molecule has 3 aromatic carbocycles. The maximum atomic E-state index is 12.4. The highest BCUT2D eigenvalue weighted by molar-refractivity contribution is 6.37. The number of rotatable bonds is 10. The lowest BCUT2D eigenvalue weighted by atomic mass is 10.2. The number of benzene rings is 3. The fourth-order valence-corrected chi connectivity index (χ4v) is 3.60. The van der Waals surface area contributed by atoms with Crippen molar-refractivity contribution in [2.24, 2.45) is 5.10 Å². The summed E-state index contributed by atoms with van der Waals surface area (Å²) in [5.41, 5.74) is 1.91. The van der Waals surface area contributed by atoms with Crippen molar-refractivity contribution >= 4 is 46.7 Å². The van der Waals surface area contributed by atoms with E-state index in [1.807, 2.05) is 6.92 Å². The molecule has 0 aliphatic carbocycles. The molecule has 0 aliphatic heterocycles. The van der Waals surface area contributed by atoms with Crippen LogP contribution >= 0.6 is 23.2 Å². The number of nitro groups is 2. The summed E-state index contributed by atoms with van der Waals surface area (Å²) in [5.74, 6) is -0.0290. The number of carbonyl (C=O) groups is 1. The van der Waals surface area contributed by atoms with Crippen LogP contribution in [-0.4, -0.2) is 35.7 Å². The molecule has 0 spiro atoms. The highest BCUT2D eigenvalue weighted by Crippen LogP contribution is 2.41. The van der Waals surface area contributed by atoms with E-state index in [9.17, 15) is 25.0 Å². The van der Waals surface area contributed by atoms with E-state index < -0.39 is 27.1 Å². The molecule has 0 unspecified atom stereocenters. The van der Waals surface area contributed by atoms with Crippen LogP contribution in [0.3, 0.4) is 0 Å². The van der Waals surface area contributed by atoms with Gasteiger partial charge in [-0.3, -0.25) is 25.0 Å². The third-order valence-electron chi connectivity index (χ3n) is 4.69. The number of nitrogens with zero attached hydrogens (tertiary/aromatic N) is 3. The minimum atomic E-state index is -0.826. The summed E-state index contributed by atoms with van der Waals surface area (Å²) in [4.78, 5) is 33.1. The molecule has 0 saturated heterocycles. The maximum Gasteiger partial charge on any atom is 0.318 e. The molecule has 192 valence electrons. The number of carbonyl (C=O) groups excluding carboxylic acids is 1. The Morgan fingerprint density at radius 1 is 1.00 bits per heavy atom. The first-order valence-corrected chi connectivity index (χ1v) is 11.1. The molecule has 0 saturated carbocycles. The average molecular weight is 549 g/mol. The van der Waals surface area contributed by atoms with Crippen LogP contribution in [0.2, 0.25) is 10.0 Å². The second kappa shape index (κ2) is 12.0. The van der Waals surface area contributed by atoms with Crippen molar-refractivity contribution in [1.29, 1.82) is 0 Å². The topological polar surface area (TPSA) is 155 Å². The number of hydrazone groups is 1. The molecule has 0 aliphatic rings. The molecule has 0 fully saturated rings. The second-order valence-electron chi connectivity index (χ2n) is 7.08. The highest BCUT2D eigenvalue weighted by atomic mass is 35.5. The number of amides is 1. The molecular formula is C23H18Cl2N4O8. The van der Waals surface area contributed by atoms with Gasteiger partial charge in [-0.1, -0.05) is 23.2 Å². The van der Waals surface area contributed by atoms with Crippen molar-refractivity contribution < 1.29 is 28.9 Å². The van der Waals surface area contributed by atoms with Crippen molar-refractivity contribution in [3.63, 3.8) is 0 Å². The van der Waals surface area contributed by atoms with Crippen molar-refractivity contribution in [3.8, 4) is 23.0 Å². The monoisotopic (exact) mass is 548 g/mol. The fourth-order valence-electron chi connectivity index (χ4n) is 3.02. The van der Waals surface area contributed by atoms with Gasteiger partial charge >= 0.3 is 5.69 Å². The van der Waals surface area contributed by atoms with E-state index >= 15 is 0 Å². The van der Waals surface area contributed by atoms with Crippen LogP contribution in [0.25, 0.3) is 0 Å². The third kappa shape index (κ3) is 6.63. The molecule has 0 radical (unpaired) electrons. The number of methoxy groups -OCH3 is 1. The Bertz CT molecular complexity index is 1370. The van der Waals surface area contributed by atoms with Crippen molar-refractivity contribution in [3.05, 3.63) is 89.9 Å². The summed E-state index contributed by atoms with van der Waals surface area (Å²) < 4.78 is 16.2. The number of nitrogens with one attached hydrogen (secondary N) is 1. The number of hydrogen-bond acceptors (Lipinski definition) is 9. The van der Waals surface area contributed by atoms with Crippen LogP contribution in [0.4, 0.5) is 11.4 Å². The highest BCUT2D eigenvalue weighted by Gasteiger charge is 2.23. The van der Waals surface area contributed by atoms with Gasteiger partial charge in [0.15, 0.2) is 17.2 Å². The van der Waals surface area contributed by atoms with E-state index in [0.29, 0.717) is 23.7 Å². The Morgan fingerprint density at radius 3 is 2.27 bits per heavy atom. The summed E-state index contributed by atoms with van der Waals surface area (Å²) in [6, 6.07) is 10.3. The quantitative estimate of drug-likeness (QED) is 0.190. The van der Waals surface area contributed by atoms with E-state index in [-0.39, 0.29) is 27.1 Å². The Kier molecular flexibility index (Phi) is 8.82. The molecule has 0 aromatic heterocycles. The van der Waals surface area contributed by atoms with Crippen LogP contribution in [0.15, 0.2) is 53.6 Å². The predicted molar refractivity (Wildman–Crippen MR) is 136 cm³/mol. The predicted octanol–water partition coefficient (Wildman–Crippen LogP) is 5.77. The molecule has 12 nitrogen and oxygen atoms in total. The molecule has 3 rings (SSSR count). The zero-order valence-corrected chi connectivity index (χ0v) is 20.8. The Balaban J connectivity index is 1.76. The number of hydrogen-bond donors (Lipinski definition) is 1. The number of non-ortho nitro benzene ring substituents is 1. The minimum Gasteiger partial charge on any atom is -0.493 e. The van der Waals surface area contributed by atoms with Gasteiger partial charge in [-0.2, -0.15) is 5.10 Å². The van der Waals surface area contributed by atoms with E-state index in [1.54, 1.807) is 12.1 Å². The first-order chi connectivity index (χ1) is 17.6. The van der Waals surface area contributed by atoms with Gasteiger partial charge in [-0.25, -0.2) is 5.43 Å². The van der Waals surface area contributed by atoms with Crippen LogP contribution in [0.1, 0.15) is 22.8 Å². The summed E-state index contributed by atoms with van der Waals surface area (Å²) in [6.45, 7) is 2.26. The Hall–Kier alpha value is -4.42. The molecule has 37 heavy (non-hydrogen) atoms. The van der Waals surface area contributed by atoms with Crippen molar-refractivity contribution in [2.45, 2.75) is 6.92 Å². The van der Waals surface area contributed by atoms with Crippen LogP contribution in [0.5, 0.6) is 23.0 Å². The zero-order valence-electron chi connectivity index (χ0n) is 19.3.